The molecular formula is C21H24N2O3. The maximum absolute atomic E-state index is 13.0. The van der Waals surface area contributed by atoms with E-state index in [2.05, 4.69) is 11.4 Å². The molecule has 1 N–H and O–H groups in total. The molecule has 1 atom stereocenters. The third-order valence-corrected chi connectivity index (χ3v) is 4.49. The Morgan fingerprint density at radius 3 is 2.50 bits per heavy atom. The summed E-state index contributed by atoms with van der Waals surface area (Å²) < 4.78 is 5.47. The Labute approximate surface area is 154 Å². The predicted octanol–water partition coefficient (Wildman–Crippen LogP) is 3.43. The molecule has 5 nitrogen and oxygen atoms in total. The van der Waals surface area contributed by atoms with Crippen molar-refractivity contribution in [3.63, 3.8) is 0 Å². The minimum atomic E-state index is -0.621. The minimum absolute atomic E-state index is 0.0993. The summed E-state index contributed by atoms with van der Waals surface area (Å²) in [7, 11) is 0. The van der Waals surface area contributed by atoms with Crippen LogP contribution in [0.4, 0.5) is 5.69 Å². The second-order valence-electron chi connectivity index (χ2n) is 6.65. The van der Waals surface area contributed by atoms with Crippen LogP contribution in [0.25, 0.3) is 0 Å². The standard InChI is InChI=1S/C21H24N2O3/c1-5-26-17-8-6-16(7-9-17)12-23-20-14(3)10-13(2)11-18(20)19(21(23)25)22-15(4)24/h6-11,19H,5,12H2,1-4H3,(H,22,24)/t19-/m0/s1. The summed E-state index contributed by atoms with van der Waals surface area (Å²) in [6, 6.07) is 11.2. The molecule has 1 heterocycles. The zero-order chi connectivity index (χ0) is 18.8. The van der Waals surface area contributed by atoms with Crippen LogP contribution in [-0.2, 0) is 16.1 Å². The second-order valence-corrected chi connectivity index (χ2v) is 6.65. The average molecular weight is 352 g/mol. The summed E-state index contributed by atoms with van der Waals surface area (Å²) in [4.78, 5) is 26.4. The van der Waals surface area contributed by atoms with Gasteiger partial charge in [0.25, 0.3) is 5.91 Å². The van der Waals surface area contributed by atoms with Gasteiger partial charge in [0.05, 0.1) is 18.8 Å². The van der Waals surface area contributed by atoms with Crippen LogP contribution in [-0.4, -0.2) is 18.4 Å². The first kappa shape index (κ1) is 18.0. The van der Waals surface area contributed by atoms with Gasteiger partial charge in [-0.1, -0.05) is 29.8 Å². The SMILES string of the molecule is CCOc1ccc(CN2C(=O)[C@@H](NC(C)=O)c3cc(C)cc(C)c32)cc1. The van der Waals surface area contributed by atoms with Crippen LogP contribution < -0.4 is 15.0 Å². The lowest BCUT2D eigenvalue weighted by Crippen LogP contribution is -2.36. The summed E-state index contributed by atoms with van der Waals surface area (Å²) in [6.45, 7) is 8.45. The van der Waals surface area contributed by atoms with Crippen LogP contribution in [0.2, 0.25) is 0 Å². The lowest BCUT2D eigenvalue weighted by atomic mass is 10.0. The number of hydrogen-bond acceptors (Lipinski definition) is 3. The van der Waals surface area contributed by atoms with Gasteiger partial charge in [0.15, 0.2) is 0 Å². The first-order chi connectivity index (χ1) is 12.4. The highest BCUT2D eigenvalue weighted by molar-refractivity contribution is 6.06. The van der Waals surface area contributed by atoms with Crippen molar-refractivity contribution in [3.05, 3.63) is 58.7 Å². The molecule has 2 aromatic carbocycles. The van der Waals surface area contributed by atoms with Gasteiger partial charge in [-0.2, -0.15) is 0 Å². The number of nitrogens with one attached hydrogen (secondary N) is 1. The summed E-state index contributed by atoms with van der Waals surface area (Å²) in [5, 5.41) is 2.79. The Kier molecular flexibility index (Phi) is 4.98. The summed E-state index contributed by atoms with van der Waals surface area (Å²) >= 11 is 0. The summed E-state index contributed by atoms with van der Waals surface area (Å²) in [5.74, 6) is 0.501. The number of nitrogens with zero attached hydrogens (tertiary/aromatic N) is 1. The molecule has 0 aromatic heterocycles. The number of ether oxygens (including phenoxy) is 1. The van der Waals surface area contributed by atoms with Crippen molar-refractivity contribution in [3.8, 4) is 5.75 Å². The smallest absolute Gasteiger partial charge is 0.254 e. The zero-order valence-corrected chi connectivity index (χ0v) is 15.6. The van der Waals surface area contributed by atoms with Gasteiger partial charge in [-0.3, -0.25) is 9.59 Å². The number of carbonyl (C=O) groups is 2. The molecule has 1 aliphatic heterocycles. The van der Waals surface area contributed by atoms with Gasteiger partial charge in [0, 0.05) is 12.5 Å². The van der Waals surface area contributed by atoms with E-state index in [4.69, 9.17) is 4.74 Å². The van der Waals surface area contributed by atoms with Crippen LogP contribution in [0.1, 0.15) is 42.1 Å². The highest BCUT2D eigenvalue weighted by Gasteiger charge is 2.38. The van der Waals surface area contributed by atoms with Crippen molar-refractivity contribution in [1.29, 1.82) is 0 Å². The highest BCUT2D eigenvalue weighted by Crippen LogP contribution is 2.40. The fourth-order valence-corrected chi connectivity index (χ4v) is 3.52. The second kappa shape index (κ2) is 7.20. The third-order valence-electron chi connectivity index (χ3n) is 4.49. The lowest BCUT2D eigenvalue weighted by Gasteiger charge is -2.20. The molecule has 0 bridgehead atoms. The van der Waals surface area contributed by atoms with E-state index in [1.165, 1.54) is 6.92 Å². The van der Waals surface area contributed by atoms with Crippen LogP contribution >= 0.6 is 0 Å². The Balaban J connectivity index is 1.95. The lowest BCUT2D eigenvalue weighted by molar-refractivity contribution is -0.126. The minimum Gasteiger partial charge on any atom is -0.494 e. The zero-order valence-electron chi connectivity index (χ0n) is 15.6. The molecule has 26 heavy (non-hydrogen) atoms. The van der Waals surface area contributed by atoms with E-state index in [9.17, 15) is 9.59 Å². The number of fused-ring (bicyclic) bond motifs is 1. The predicted molar refractivity (Wildman–Crippen MR) is 101 cm³/mol. The van der Waals surface area contributed by atoms with E-state index in [0.717, 1.165) is 33.7 Å². The fraction of sp³-hybridized carbons (Fsp3) is 0.333. The molecule has 136 valence electrons. The van der Waals surface area contributed by atoms with Crippen LogP contribution in [0, 0.1) is 13.8 Å². The average Bonchev–Trinajstić information content (AvgIpc) is 2.82. The molecule has 0 aliphatic carbocycles. The van der Waals surface area contributed by atoms with Gasteiger partial charge in [-0.25, -0.2) is 0 Å². The van der Waals surface area contributed by atoms with Gasteiger partial charge >= 0.3 is 0 Å². The largest absolute Gasteiger partial charge is 0.494 e. The first-order valence-electron chi connectivity index (χ1n) is 8.82. The maximum Gasteiger partial charge on any atom is 0.254 e. The van der Waals surface area contributed by atoms with Crippen molar-refractivity contribution in [2.24, 2.45) is 0 Å². The normalized spacial score (nSPS) is 15.8. The molecule has 2 amide bonds. The van der Waals surface area contributed by atoms with Gasteiger partial charge in [-0.05, 0) is 44.0 Å². The Morgan fingerprint density at radius 2 is 1.88 bits per heavy atom. The van der Waals surface area contributed by atoms with Crippen molar-refractivity contribution in [1.82, 2.24) is 5.32 Å². The van der Waals surface area contributed by atoms with Crippen LogP contribution in [0.5, 0.6) is 5.75 Å². The Morgan fingerprint density at radius 1 is 1.19 bits per heavy atom. The Bertz CT molecular complexity index is 843. The number of hydrogen-bond donors (Lipinski definition) is 1. The molecular weight excluding hydrogens is 328 g/mol. The van der Waals surface area contributed by atoms with Crippen molar-refractivity contribution in [2.75, 3.05) is 11.5 Å². The van der Waals surface area contributed by atoms with Crippen molar-refractivity contribution < 1.29 is 14.3 Å². The number of anilines is 1. The molecule has 0 saturated carbocycles. The number of benzene rings is 2. The Hall–Kier alpha value is -2.82. The number of amides is 2. The molecule has 2 aromatic rings. The number of carbonyl (C=O) groups excluding carboxylic acids is 2. The fourth-order valence-electron chi connectivity index (χ4n) is 3.52. The van der Waals surface area contributed by atoms with E-state index in [-0.39, 0.29) is 11.8 Å². The molecule has 0 unspecified atom stereocenters. The monoisotopic (exact) mass is 352 g/mol. The number of rotatable bonds is 5. The quantitative estimate of drug-likeness (QED) is 0.897. The topological polar surface area (TPSA) is 58.6 Å². The van der Waals surface area contributed by atoms with E-state index < -0.39 is 6.04 Å². The van der Waals surface area contributed by atoms with Gasteiger partial charge in [0.1, 0.15) is 11.8 Å². The molecule has 0 fully saturated rings. The first-order valence-corrected chi connectivity index (χ1v) is 8.82. The summed E-state index contributed by atoms with van der Waals surface area (Å²) in [5.41, 5.74) is 4.89. The van der Waals surface area contributed by atoms with Gasteiger partial charge in [0.2, 0.25) is 5.91 Å². The third kappa shape index (κ3) is 3.43. The molecule has 3 rings (SSSR count). The van der Waals surface area contributed by atoms with Crippen molar-refractivity contribution >= 4 is 17.5 Å². The van der Waals surface area contributed by atoms with Gasteiger partial charge in [-0.15, -0.1) is 0 Å². The maximum atomic E-state index is 13.0. The van der Waals surface area contributed by atoms with E-state index >= 15 is 0 Å². The number of aryl methyl sites for hydroxylation is 2. The van der Waals surface area contributed by atoms with Crippen LogP contribution in [0.3, 0.4) is 0 Å². The van der Waals surface area contributed by atoms with Gasteiger partial charge < -0.3 is 15.0 Å². The molecule has 0 saturated heterocycles. The molecule has 0 spiro atoms. The van der Waals surface area contributed by atoms with E-state index in [1.54, 1.807) is 4.90 Å². The highest BCUT2D eigenvalue weighted by atomic mass is 16.5. The van der Waals surface area contributed by atoms with Crippen LogP contribution in [0.15, 0.2) is 36.4 Å². The van der Waals surface area contributed by atoms with E-state index in [0.29, 0.717) is 13.2 Å². The summed E-state index contributed by atoms with van der Waals surface area (Å²) in [6.07, 6.45) is 0. The van der Waals surface area contributed by atoms with Crippen molar-refractivity contribution in [2.45, 2.75) is 40.3 Å². The molecule has 1 aliphatic rings. The molecule has 0 radical (unpaired) electrons. The molecule has 5 heteroatoms. The van der Waals surface area contributed by atoms with E-state index in [1.807, 2.05) is 51.1 Å².